The van der Waals surface area contributed by atoms with Crippen molar-refractivity contribution in [2.24, 2.45) is 0 Å². The van der Waals surface area contributed by atoms with Gasteiger partial charge in [-0.05, 0) is 36.6 Å². The van der Waals surface area contributed by atoms with Crippen molar-refractivity contribution in [3.63, 3.8) is 0 Å². The quantitative estimate of drug-likeness (QED) is 0.683. The van der Waals surface area contributed by atoms with Crippen LogP contribution in [0.4, 0.5) is 0 Å². The second-order valence-electron chi connectivity index (χ2n) is 7.75. The highest BCUT2D eigenvalue weighted by molar-refractivity contribution is 7.89. The molecule has 1 aliphatic heterocycles. The van der Waals surface area contributed by atoms with E-state index in [9.17, 15) is 13.2 Å². The zero-order valence-corrected chi connectivity index (χ0v) is 19.1. The lowest BCUT2D eigenvalue weighted by Gasteiger charge is -2.33. The summed E-state index contributed by atoms with van der Waals surface area (Å²) in [4.78, 5) is 14.8. The van der Waals surface area contributed by atoms with Gasteiger partial charge in [0, 0.05) is 44.8 Å². The molecule has 1 fully saturated rings. The number of nitrogens with zero attached hydrogens (tertiary/aromatic N) is 2. The summed E-state index contributed by atoms with van der Waals surface area (Å²) in [6, 6.07) is 14.9. The van der Waals surface area contributed by atoms with Crippen molar-refractivity contribution in [3.05, 3.63) is 71.3 Å². The van der Waals surface area contributed by atoms with Gasteiger partial charge in [-0.1, -0.05) is 55.5 Å². The number of carbonyl (C=O) groups excluding carboxylic acids is 1. The molecule has 31 heavy (non-hydrogen) atoms. The predicted molar refractivity (Wildman–Crippen MR) is 124 cm³/mol. The molecule has 1 aliphatic rings. The number of piperazine rings is 1. The Morgan fingerprint density at radius 3 is 2.45 bits per heavy atom. The third-order valence-electron chi connectivity index (χ3n) is 5.43. The molecule has 0 unspecified atom stereocenters. The minimum atomic E-state index is -3.63. The third-order valence-corrected chi connectivity index (χ3v) is 7.33. The average Bonchev–Trinajstić information content (AvgIpc) is 2.78. The van der Waals surface area contributed by atoms with Crippen LogP contribution in [0.3, 0.4) is 0 Å². The van der Waals surface area contributed by atoms with Gasteiger partial charge in [-0.15, -0.1) is 0 Å². The first-order chi connectivity index (χ1) is 14.9. The largest absolute Gasteiger partial charge is 0.352 e. The van der Waals surface area contributed by atoms with Gasteiger partial charge in [-0.25, -0.2) is 8.42 Å². The standard InChI is InChI=1S/C24H31N3O3S/c1-3-13-25-24(28)23-19-22(12-11-20(23)2)31(29,30)27-17-15-26(16-18-27)14-7-10-21-8-5-4-6-9-21/h4-12,19H,3,13-18H2,1-2H3,(H,25,28)/b10-7+. The topological polar surface area (TPSA) is 69.7 Å². The lowest BCUT2D eigenvalue weighted by molar-refractivity contribution is 0.0953. The zero-order valence-electron chi connectivity index (χ0n) is 18.3. The molecule has 7 heteroatoms. The minimum absolute atomic E-state index is 0.178. The van der Waals surface area contributed by atoms with Crippen LogP contribution in [0.25, 0.3) is 6.08 Å². The van der Waals surface area contributed by atoms with Crippen LogP contribution in [0, 0.1) is 6.92 Å². The number of nitrogens with one attached hydrogen (secondary N) is 1. The fraction of sp³-hybridized carbons (Fsp3) is 0.375. The van der Waals surface area contributed by atoms with Gasteiger partial charge in [-0.2, -0.15) is 4.31 Å². The second-order valence-corrected chi connectivity index (χ2v) is 9.69. The molecule has 1 heterocycles. The van der Waals surface area contributed by atoms with Gasteiger partial charge in [-0.3, -0.25) is 9.69 Å². The Hall–Kier alpha value is -2.48. The Labute approximate surface area is 185 Å². The number of hydrogen-bond acceptors (Lipinski definition) is 4. The number of aryl methyl sites for hydroxylation is 1. The molecule has 1 saturated heterocycles. The molecule has 0 bridgehead atoms. The molecule has 0 saturated carbocycles. The molecule has 166 valence electrons. The maximum atomic E-state index is 13.2. The maximum absolute atomic E-state index is 13.2. The molecule has 3 rings (SSSR count). The molecule has 1 N–H and O–H groups in total. The number of sulfonamides is 1. The van der Waals surface area contributed by atoms with Crippen LogP contribution in [-0.4, -0.2) is 62.8 Å². The van der Waals surface area contributed by atoms with Gasteiger partial charge >= 0.3 is 0 Å². The molecule has 0 atom stereocenters. The fourth-order valence-electron chi connectivity index (χ4n) is 3.54. The van der Waals surface area contributed by atoms with Gasteiger partial charge in [0.2, 0.25) is 10.0 Å². The molecule has 1 amide bonds. The van der Waals surface area contributed by atoms with Crippen molar-refractivity contribution in [1.29, 1.82) is 0 Å². The highest BCUT2D eigenvalue weighted by Crippen LogP contribution is 2.21. The summed E-state index contributed by atoms with van der Waals surface area (Å²) in [6.45, 7) is 7.37. The Morgan fingerprint density at radius 1 is 1.06 bits per heavy atom. The van der Waals surface area contributed by atoms with E-state index in [1.165, 1.54) is 10.4 Å². The van der Waals surface area contributed by atoms with Crippen molar-refractivity contribution in [2.75, 3.05) is 39.3 Å². The van der Waals surface area contributed by atoms with Gasteiger partial charge in [0.15, 0.2) is 0 Å². The summed E-state index contributed by atoms with van der Waals surface area (Å²) in [6.07, 6.45) is 5.02. The highest BCUT2D eigenvalue weighted by Gasteiger charge is 2.29. The van der Waals surface area contributed by atoms with Crippen molar-refractivity contribution in [2.45, 2.75) is 25.2 Å². The number of benzene rings is 2. The van der Waals surface area contributed by atoms with Gasteiger partial charge in [0.05, 0.1) is 4.90 Å². The Kier molecular flexibility index (Phi) is 8.01. The third kappa shape index (κ3) is 6.03. The first kappa shape index (κ1) is 23.2. The molecule has 0 aromatic heterocycles. The first-order valence-electron chi connectivity index (χ1n) is 10.7. The fourth-order valence-corrected chi connectivity index (χ4v) is 4.99. The Bertz CT molecular complexity index is 1010. The molecular weight excluding hydrogens is 410 g/mol. The van der Waals surface area contributed by atoms with E-state index in [4.69, 9.17) is 0 Å². The molecule has 0 radical (unpaired) electrons. The summed E-state index contributed by atoms with van der Waals surface area (Å²) in [5.41, 5.74) is 2.34. The summed E-state index contributed by atoms with van der Waals surface area (Å²) in [5, 5.41) is 2.82. The van der Waals surface area contributed by atoms with E-state index >= 15 is 0 Å². The highest BCUT2D eigenvalue weighted by atomic mass is 32.2. The van der Waals surface area contributed by atoms with Crippen LogP contribution in [-0.2, 0) is 10.0 Å². The molecule has 2 aromatic carbocycles. The summed E-state index contributed by atoms with van der Waals surface area (Å²) in [7, 11) is -3.63. The molecule has 0 aliphatic carbocycles. The van der Waals surface area contributed by atoms with Crippen LogP contribution in [0.2, 0.25) is 0 Å². The maximum Gasteiger partial charge on any atom is 0.251 e. The summed E-state index contributed by atoms with van der Waals surface area (Å²) >= 11 is 0. The van der Waals surface area contributed by atoms with Crippen molar-refractivity contribution in [3.8, 4) is 0 Å². The van der Waals surface area contributed by atoms with Gasteiger partial charge in [0.1, 0.15) is 0 Å². The summed E-state index contributed by atoms with van der Waals surface area (Å²) in [5.74, 6) is -0.230. The molecule has 0 spiro atoms. The summed E-state index contributed by atoms with van der Waals surface area (Å²) < 4.78 is 27.8. The number of hydrogen-bond donors (Lipinski definition) is 1. The predicted octanol–water partition coefficient (Wildman–Crippen LogP) is 3.15. The van der Waals surface area contributed by atoms with E-state index in [0.717, 1.165) is 24.1 Å². The van der Waals surface area contributed by atoms with E-state index in [2.05, 4.69) is 34.5 Å². The SMILES string of the molecule is CCCNC(=O)c1cc(S(=O)(=O)N2CCN(C/C=C/c3ccccc3)CC2)ccc1C. The van der Waals surface area contributed by atoms with Crippen LogP contribution >= 0.6 is 0 Å². The van der Waals surface area contributed by atoms with E-state index in [1.807, 2.05) is 32.0 Å². The molecule has 2 aromatic rings. The monoisotopic (exact) mass is 441 g/mol. The average molecular weight is 442 g/mol. The molecule has 6 nitrogen and oxygen atoms in total. The lowest BCUT2D eigenvalue weighted by atomic mass is 10.1. The Balaban J connectivity index is 1.62. The number of amides is 1. The number of carbonyl (C=O) groups is 1. The van der Waals surface area contributed by atoms with Crippen LogP contribution in [0.5, 0.6) is 0 Å². The van der Waals surface area contributed by atoms with Crippen LogP contribution in [0.15, 0.2) is 59.5 Å². The number of rotatable bonds is 8. The van der Waals surface area contributed by atoms with E-state index in [-0.39, 0.29) is 10.8 Å². The lowest BCUT2D eigenvalue weighted by Crippen LogP contribution is -2.48. The first-order valence-corrected chi connectivity index (χ1v) is 12.2. The minimum Gasteiger partial charge on any atom is -0.352 e. The van der Waals surface area contributed by atoms with Crippen LogP contribution < -0.4 is 5.32 Å². The zero-order chi connectivity index (χ0) is 22.3. The smallest absolute Gasteiger partial charge is 0.251 e. The second kappa shape index (κ2) is 10.7. The van der Waals surface area contributed by atoms with Crippen molar-refractivity contribution < 1.29 is 13.2 Å². The van der Waals surface area contributed by atoms with E-state index in [1.54, 1.807) is 12.1 Å². The van der Waals surface area contributed by atoms with Gasteiger partial charge in [0.25, 0.3) is 5.91 Å². The molecular formula is C24H31N3O3S. The van der Waals surface area contributed by atoms with Crippen LogP contribution in [0.1, 0.15) is 34.8 Å². The van der Waals surface area contributed by atoms with Crippen molar-refractivity contribution >= 4 is 22.0 Å². The van der Waals surface area contributed by atoms with Crippen molar-refractivity contribution in [1.82, 2.24) is 14.5 Å². The normalized spacial score (nSPS) is 15.9. The van der Waals surface area contributed by atoms with E-state index in [0.29, 0.717) is 38.3 Å². The van der Waals surface area contributed by atoms with E-state index < -0.39 is 10.0 Å². The van der Waals surface area contributed by atoms with Gasteiger partial charge < -0.3 is 5.32 Å². The Morgan fingerprint density at radius 2 is 1.77 bits per heavy atom.